The van der Waals surface area contributed by atoms with Gasteiger partial charge in [-0.2, -0.15) is 0 Å². The van der Waals surface area contributed by atoms with Crippen LogP contribution >= 0.6 is 0 Å². The molecule has 1 heterocycles. The number of urea groups is 1. The van der Waals surface area contributed by atoms with Gasteiger partial charge >= 0.3 is 6.03 Å². The first-order chi connectivity index (χ1) is 8.54. The molecular weight excluding hydrogens is 230 g/mol. The van der Waals surface area contributed by atoms with Crippen LogP contribution in [0.3, 0.4) is 0 Å². The van der Waals surface area contributed by atoms with E-state index in [0.29, 0.717) is 12.5 Å². The highest BCUT2D eigenvalue weighted by atomic mass is 16.2. The second-order valence-electron chi connectivity index (χ2n) is 5.16. The van der Waals surface area contributed by atoms with Crippen LogP contribution in [0.5, 0.6) is 0 Å². The Labute approximate surface area is 109 Å². The molecule has 1 aliphatic rings. The van der Waals surface area contributed by atoms with Crippen LogP contribution in [0, 0.1) is 5.92 Å². The molecule has 0 aliphatic carbocycles. The molecule has 0 spiro atoms. The van der Waals surface area contributed by atoms with Gasteiger partial charge in [-0.25, -0.2) is 4.79 Å². The van der Waals surface area contributed by atoms with Crippen molar-refractivity contribution in [3.63, 3.8) is 0 Å². The van der Waals surface area contributed by atoms with E-state index >= 15 is 0 Å². The molecule has 1 fully saturated rings. The number of carbonyl (C=O) groups excluding carboxylic acids is 2. The predicted octanol–water partition coefficient (Wildman–Crippen LogP) is 1.34. The van der Waals surface area contributed by atoms with Crippen molar-refractivity contribution in [3.8, 4) is 0 Å². The number of nitrogens with zero attached hydrogens (tertiary/aromatic N) is 1. The van der Waals surface area contributed by atoms with Crippen LogP contribution in [-0.4, -0.2) is 42.5 Å². The van der Waals surface area contributed by atoms with E-state index in [1.165, 1.54) is 6.42 Å². The Morgan fingerprint density at radius 1 is 1.44 bits per heavy atom. The summed E-state index contributed by atoms with van der Waals surface area (Å²) >= 11 is 0. The molecule has 18 heavy (non-hydrogen) atoms. The summed E-state index contributed by atoms with van der Waals surface area (Å²) in [6.07, 6.45) is 3.12. The largest absolute Gasteiger partial charge is 0.354 e. The molecule has 0 aromatic carbocycles. The van der Waals surface area contributed by atoms with Gasteiger partial charge in [0, 0.05) is 19.6 Å². The molecule has 1 rings (SSSR count). The molecule has 1 saturated heterocycles. The lowest BCUT2D eigenvalue weighted by molar-refractivity contribution is -0.122. The molecule has 5 heteroatoms. The number of likely N-dealkylation sites (tertiary alicyclic amines) is 1. The Hall–Kier alpha value is -1.26. The summed E-state index contributed by atoms with van der Waals surface area (Å²) in [6, 6.07) is -0.595. The standard InChI is InChI=1S/C13H25N3O2/c1-4-7-14-12(17)11(3)15-13(18)16-8-5-6-10(2)9-16/h10-11H,4-9H2,1-3H3,(H,14,17)(H,15,18). The fraction of sp³-hybridized carbons (Fsp3) is 0.846. The number of piperidine rings is 1. The minimum Gasteiger partial charge on any atom is -0.354 e. The average molecular weight is 255 g/mol. The number of rotatable bonds is 4. The van der Waals surface area contributed by atoms with Crippen LogP contribution in [-0.2, 0) is 4.79 Å². The van der Waals surface area contributed by atoms with Gasteiger partial charge in [0.25, 0.3) is 0 Å². The quantitative estimate of drug-likeness (QED) is 0.796. The van der Waals surface area contributed by atoms with Crippen molar-refractivity contribution in [2.75, 3.05) is 19.6 Å². The van der Waals surface area contributed by atoms with Crippen LogP contribution in [0.25, 0.3) is 0 Å². The SMILES string of the molecule is CCCNC(=O)C(C)NC(=O)N1CCCC(C)C1. The van der Waals surface area contributed by atoms with E-state index in [2.05, 4.69) is 17.6 Å². The van der Waals surface area contributed by atoms with Gasteiger partial charge in [0.15, 0.2) is 0 Å². The summed E-state index contributed by atoms with van der Waals surface area (Å²) in [5.41, 5.74) is 0. The zero-order valence-corrected chi connectivity index (χ0v) is 11.7. The lowest BCUT2D eigenvalue weighted by Gasteiger charge is -2.31. The first kappa shape index (κ1) is 14.8. The Balaban J connectivity index is 2.36. The summed E-state index contributed by atoms with van der Waals surface area (Å²) in [7, 11) is 0. The average Bonchev–Trinajstić information content (AvgIpc) is 2.35. The maximum absolute atomic E-state index is 12.0. The number of carbonyl (C=O) groups is 2. The number of hydrogen-bond acceptors (Lipinski definition) is 2. The van der Waals surface area contributed by atoms with E-state index in [0.717, 1.165) is 25.9 Å². The van der Waals surface area contributed by atoms with Gasteiger partial charge in [-0.1, -0.05) is 13.8 Å². The zero-order valence-electron chi connectivity index (χ0n) is 11.7. The van der Waals surface area contributed by atoms with Crippen LogP contribution in [0.2, 0.25) is 0 Å². The van der Waals surface area contributed by atoms with Gasteiger partial charge in [-0.3, -0.25) is 4.79 Å². The Morgan fingerprint density at radius 2 is 2.17 bits per heavy atom. The highest BCUT2D eigenvalue weighted by Crippen LogP contribution is 2.15. The molecular formula is C13H25N3O2. The van der Waals surface area contributed by atoms with Gasteiger partial charge in [-0.05, 0) is 32.1 Å². The Kier molecular flexibility index (Phi) is 5.95. The second kappa shape index (κ2) is 7.24. The summed E-state index contributed by atoms with van der Waals surface area (Å²) in [5, 5.41) is 5.53. The summed E-state index contributed by atoms with van der Waals surface area (Å²) in [5.74, 6) is 0.434. The molecule has 5 nitrogen and oxygen atoms in total. The first-order valence-electron chi connectivity index (χ1n) is 6.87. The maximum Gasteiger partial charge on any atom is 0.318 e. The van der Waals surface area contributed by atoms with E-state index in [9.17, 15) is 9.59 Å². The van der Waals surface area contributed by atoms with E-state index in [1.807, 2.05) is 6.92 Å². The van der Waals surface area contributed by atoms with E-state index in [4.69, 9.17) is 0 Å². The van der Waals surface area contributed by atoms with Gasteiger partial charge in [-0.15, -0.1) is 0 Å². The number of nitrogens with one attached hydrogen (secondary N) is 2. The third-order valence-corrected chi connectivity index (χ3v) is 3.23. The number of hydrogen-bond donors (Lipinski definition) is 2. The summed E-state index contributed by atoms with van der Waals surface area (Å²) in [4.78, 5) is 25.4. The molecule has 0 aromatic heterocycles. The van der Waals surface area contributed by atoms with Crippen LogP contribution < -0.4 is 10.6 Å². The predicted molar refractivity (Wildman–Crippen MR) is 71.3 cm³/mol. The monoisotopic (exact) mass is 255 g/mol. The van der Waals surface area contributed by atoms with Gasteiger partial charge in [0.2, 0.25) is 5.91 Å². The van der Waals surface area contributed by atoms with Crippen molar-refractivity contribution >= 4 is 11.9 Å². The van der Waals surface area contributed by atoms with E-state index in [1.54, 1.807) is 11.8 Å². The van der Waals surface area contributed by atoms with Crippen molar-refractivity contribution in [1.29, 1.82) is 0 Å². The Bertz CT molecular complexity index is 294. The lowest BCUT2D eigenvalue weighted by Crippen LogP contribution is -2.51. The van der Waals surface area contributed by atoms with Crippen molar-refractivity contribution in [3.05, 3.63) is 0 Å². The third-order valence-electron chi connectivity index (χ3n) is 3.23. The highest BCUT2D eigenvalue weighted by molar-refractivity contribution is 5.86. The van der Waals surface area contributed by atoms with Crippen molar-refractivity contribution in [2.24, 2.45) is 5.92 Å². The van der Waals surface area contributed by atoms with Crippen LogP contribution in [0.1, 0.15) is 40.0 Å². The molecule has 0 saturated carbocycles. The van der Waals surface area contributed by atoms with Crippen molar-refractivity contribution in [1.82, 2.24) is 15.5 Å². The zero-order chi connectivity index (χ0) is 13.5. The normalized spacial score (nSPS) is 21.3. The molecule has 2 unspecified atom stereocenters. The van der Waals surface area contributed by atoms with E-state index < -0.39 is 6.04 Å². The van der Waals surface area contributed by atoms with Gasteiger partial charge in [0.1, 0.15) is 6.04 Å². The van der Waals surface area contributed by atoms with E-state index in [-0.39, 0.29) is 11.9 Å². The van der Waals surface area contributed by atoms with Crippen LogP contribution in [0.4, 0.5) is 4.79 Å². The smallest absolute Gasteiger partial charge is 0.318 e. The lowest BCUT2D eigenvalue weighted by atomic mass is 10.0. The maximum atomic E-state index is 12.0. The molecule has 0 radical (unpaired) electrons. The third kappa shape index (κ3) is 4.55. The molecule has 0 bridgehead atoms. The van der Waals surface area contributed by atoms with Gasteiger partial charge < -0.3 is 15.5 Å². The fourth-order valence-electron chi connectivity index (χ4n) is 2.12. The molecule has 3 amide bonds. The van der Waals surface area contributed by atoms with Gasteiger partial charge in [0.05, 0.1) is 0 Å². The molecule has 2 atom stereocenters. The fourth-order valence-corrected chi connectivity index (χ4v) is 2.12. The molecule has 104 valence electrons. The topological polar surface area (TPSA) is 61.4 Å². The minimum atomic E-state index is -0.471. The highest BCUT2D eigenvalue weighted by Gasteiger charge is 2.23. The first-order valence-corrected chi connectivity index (χ1v) is 6.87. The summed E-state index contributed by atoms with van der Waals surface area (Å²) < 4.78 is 0. The molecule has 0 aromatic rings. The Morgan fingerprint density at radius 3 is 2.78 bits per heavy atom. The van der Waals surface area contributed by atoms with Crippen molar-refractivity contribution < 1.29 is 9.59 Å². The summed E-state index contributed by atoms with van der Waals surface area (Å²) in [6.45, 7) is 8.10. The second-order valence-corrected chi connectivity index (χ2v) is 5.16. The van der Waals surface area contributed by atoms with Crippen LogP contribution in [0.15, 0.2) is 0 Å². The minimum absolute atomic E-state index is 0.116. The number of amides is 3. The molecule has 1 aliphatic heterocycles. The van der Waals surface area contributed by atoms with Crippen molar-refractivity contribution in [2.45, 2.75) is 46.1 Å². The molecule has 2 N–H and O–H groups in total.